The van der Waals surface area contributed by atoms with Gasteiger partial charge in [-0.1, -0.05) is 18.2 Å². The van der Waals surface area contributed by atoms with Gasteiger partial charge in [0.2, 0.25) is 0 Å². The summed E-state index contributed by atoms with van der Waals surface area (Å²) < 4.78 is 44.9. The van der Waals surface area contributed by atoms with Gasteiger partial charge in [-0.05, 0) is 35.9 Å². The molecule has 1 aromatic heterocycles. The van der Waals surface area contributed by atoms with Gasteiger partial charge in [0.15, 0.2) is 0 Å². The molecule has 0 radical (unpaired) electrons. The van der Waals surface area contributed by atoms with Crippen LogP contribution in [0.1, 0.15) is 38.6 Å². The molecule has 4 rings (SSSR count). The molecule has 0 spiro atoms. The maximum Gasteiger partial charge on any atom is 0.416 e. The fourth-order valence-corrected chi connectivity index (χ4v) is 3.78. The number of nitrogens with one attached hydrogen (secondary N) is 1. The van der Waals surface area contributed by atoms with Crippen LogP contribution in [0, 0.1) is 0 Å². The summed E-state index contributed by atoms with van der Waals surface area (Å²) in [5.41, 5.74) is 0.172. The molecule has 1 aliphatic heterocycles. The number of hydrogen-bond acceptors (Lipinski definition) is 4. The van der Waals surface area contributed by atoms with Gasteiger partial charge in [-0.3, -0.25) is 9.59 Å². The molecule has 0 atom stereocenters. The summed E-state index contributed by atoms with van der Waals surface area (Å²) in [4.78, 5) is 34.0. The summed E-state index contributed by atoms with van der Waals surface area (Å²) in [5.74, 6) is 0.576. The van der Waals surface area contributed by atoms with Crippen molar-refractivity contribution in [2.45, 2.75) is 25.6 Å². The van der Waals surface area contributed by atoms with Crippen molar-refractivity contribution in [1.82, 2.24) is 14.9 Å². The average Bonchev–Trinajstić information content (AvgIpc) is 2.78. The van der Waals surface area contributed by atoms with E-state index in [0.717, 1.165) is 6.07 Å². The highest BCUT2D eigenvalue weighted by atomic mass is 19.4. The number of amides is 1. The lowest BCUT2D eigenvalue weighted by Crippen LogP contribution is -2.39. The molecule has 0 saturated heterocycles. The van der Waals surface area contributed by atoms with Crippen molar-refractivity contribution in [2.24, 2.45) is 0 Å². The summed E-state index contributed by atoms with van der Waals surface area (Å²) >= 11 is 0. The first-order chi connectivity index (χ1) is 15.3. The first-order valence-electron chi connectivity index (χ1n) is 9.95. The van der Waals surface area contributed by atoms with Crippen molar-refractivity contribution >= 4 is 5.91 Å². The third kappa shape index (κ3) is 4.37. The van der Waals surface area contributed by atoms with Crippen molar-refractivity contribution in [2.75, 3.05) is 13.7 Å². The molecule has 0 fully saturated rings. The monoisotopic (exact) mass is 443 g/mol. The summed E-state index contributed by atoms with van der Waals surface area (Å²) in [5, 5.41) is 0. The average molecular weight is 443 g/mol. The summed E-state index contributed by atoms with van der Waals surface area (Å²) in [6.45, 7) is 0.439. The van der Waals surface area contributed by atoms with Crippen LogP contribution in [0.5, 0.6) is 5.75 Å². The van der Waals surface area contributed by atoms with Gasteiger partial charge in [0, 0.05) is 24.9 Å². The van der Waals surface area contributed by atoms with E-state index in [1.807, 2.05) is 0 Å². The lowest BCUT2D eigenvalue weighted by molar-refractivity contribution is -0.138. The van der Waals surface area contributed by atoms with E-state index in [9.17, 15) is 22.8 Å². The molecule has 1 aliphatic rings. The largest absolute Gasteiger partial charge is 0.497 e. The van der Waals surface area contributed by atoms with Crippen LogP contribution in [-0.4, -0.2) is 34.4 Å². The van der Waals surface area contributed by atoms with Gasteiger partial charge < -0.3 is 14.6 Å². The number of fused-ring (bicyclic) bond motifs is 1. The van der Waals surface area contributed by atoms with Crippen molar-refractivity contribution in [3.8, 4) is 5.75 Å². The Hall–Kier alpha value is -3.62. The van der Waals surface area contributed by atoms with Crippen LogP contribution in [0.2, 0.25) is 0 Å². The Labute approximate surface area is 181 Å². The minimum Gasteiger partial charge on any atom is -0.497 e. The molecule has 0 saturated carbocycles. The predicted molar refractivity (Wildman–Crippen MR) is 111 cm³/mol. The van der Waals surface area contributed by atoms with E-state index < -0.39 is 17.3 Å². The lowest BCUT2D eigenvalue weighted by Gasteiger charge is -2.28. The zero-order valence-electron chi connectivity index (χ0n) is 17.2. The van der Waals surface area contributed by atoms with Crippen LogP contribution >= 0.6 is 0 Å². The van der Waals surface area contributed by atoms with Crippen LogP contribution in [0.15, 0.2) is 53.3 Å². The van der Waals surface area contributed by atoms with Crippen molar-refractivity contribution in [1.29, 1.82) is 0 Å². The van der Waals surface area contributed by atoms with Gasteiger partial charge in [0.25, 0.3) is 11.5 Å². The number of ether oxygens (including phenoxy) is 1. The molecule has 166 valence electrons. The number of nitrogens with zero attached hydrogens (tertiary/aromatic N) is 2. The fourth-order valence-electron chi connectivity index (χ4n) is 3.78. The molecule has 6 nitrogen and oxygen atoms in total. The molecular formula is C23H20F3N3O3. The SMILES string of the molecule is COc1ccc(C(=O)N2CCc3nc(Cc4ccccc4C(F)(F)F)[nH]c(=O)c3C2)cc1. The zero-order chi connectivity index (χ0) is 22.9. The Morgan fingerprint density at radius 1 is 1.16 bits per heavy atom. The second kappa shape index (κ2) is 8.49. The van der Waals surface area contributed by atoms with Gasteiger partial charge >= 0.3 is 6.18 Å². The van der Waals surface area contributed by atoms with E-state index in [-0.39, 0.29) is 30.3 Å². The molecule has 1 N–H and O–H groups in total. The molecular weight excluding hydrogens is 423 g/mol. The second-order valence-corrected chi connectivity index (χ2v) is 7.47. The normalized spacial score (nSPS) is 13.6. The summed E-state index contributed by atoms with van der Waals surface area (Å²) in [7, 11) is 1.54. The van der Waals surface area contributed by atoms with E-state index >= 15 is 0 Å². The second-order valence-electron chi connectivity index (χ2n) is 7.47. The quantitative estimate of drug-likeness (QED) is 0.669. The van der Waals surface area contributed by atoms with Gasteiger partial charge in [0.05, 0.1) is 30.5 Å². The van der Waals surface area contributed by atoms with E-state index in [0.29, 0.717) is 35.5 Å². The van der Waals surface area contributed by atoms with Crippen LogP contribution in [0.4, 0.5) is 13.2 Å². The molecule has 1 amide bonds. The van der Waals surface area contributed by atoms with Crippen molar-refractivity contribution in [3.05, 3.63) is 92.7 Å². The number of methoxy groups -OCH3 is 1. The Morgan fingerprint density at radius 2 is 1.88 bits per heavy atom. The Kier molecular flexibility index (Phi) is 5.73. The number of halogens is 3. The molecule has 2 aromatic carbocycles. The third-order valence-corrected chi connectivity index (χ3v) is 5.42. The Morgan fingerprint density at radius 3 is 2.56 bits per heavy atom. The molecule has 32 heavy (non-hydrogen) atoms. The molecule has 9 heteroatoms. The molecule has 0 unspecified atom stereocenters. The van der Waals surface area contributed by atoms with Gasteiger partial charge in [-0.25, -0.2) is 4.98 Å². The molecule has 2 heterocycles. The van der Waals surface area contributed by atoms with Crippen LogP contribution < -0.4 is 10.3 Å². The first-order valence-corrected chi connectivity index (χ1v) is 9.95. The summed E-state index contributed by atoms with van der Waals surface area (Å²) in [6, 6.07) is 11.9. The zero-order valence-corrected chi connectivity index (χ0v) is 17.2. The van der Waals surface area contributed by atoms with E-state index in [2.05, 4.69) is 9.97 Å². The number of alkyl halides is 3. The lowest BCUT2D eigenvalue weighted by atomic mass is 10.0. The minimum atomic E-state index is -4.49. The molecule has 0 bridgehead atoms. The topological polar surface area (TPSA) is 75.3 Å². The number of aromatic nitrogens is 2. The highest BCUT2D eigenvalue weighted by molar-refractivity contribution is 5.94. The van der Waals surface area contributed by atoms with Gasteiger partial charge in [0.1, 0.15) is 11.6 Å². The van der Waals surface area contributed by atoms with Crippen molar-refractivity contribution < 1.29 is 22.7 Å². The van der Waals surface area contributed by atoms with Crippen molar-refractivity contribution in [3.63, 3.8) is 0 Å². The Bertz CT molecular complexity index is 1200. The highest BCUT2D eigenvalue weighted by Gasteiger charge is 2.33. The number of rotatable bonds is 4. The van der Waals surface area contributed by atoms with Crippen LogP contribution in [-0.2, 0) is 25.6 Å². The number of aromatic amines is 1. The number of carbonyl (C=O) groups is 1. The maximum absolute atomic E-state index is 13.3. The summed E-state index contributed by atoms with van der Waals surface area (Å²) in [6.07, 6.45) is -4.30. The van der Waals surface area contributed by atoms with Crippen LogP contribution in [0.3, 0.4) is 0 Å². The third-order valence-electron chi connectivity index (χ3n) is 5.42. The number of H-pyrrole nitrogens is 1. The molecule has 0 aliphatic carbocycles. The standard InChI is InChI=1S/C23H20F3N3O3/c1-32-16-8-6-14(7-9-16)22(31)29-11-10-19-17(13-29)21(30)28-20(27-19)12-15-4-2-3-5-18(15)23(24,25)26/h2-9H,10-13H2,1H3,(H,27,28,30). The minimum absolute atomic E-state index is 0.0372. The smallest absolute Gasteiger partial charge is 0.416 e. The number of carbonyl (C=O) groups excluding carboxylic acids is 1. The van der Waals surface area contributed by atoms with Gasteiger partial charge in [-0.15, -0.1) is 0 Å². The number of benzene rings is 2. The number of hydrogen-bond donors (Lipinski definition) is 1. The highest BCUT2D eigenvalue weighted by Crippen LogP contribution is 2.32. The van der Waals surface area contributed by atoms with E-state index in [4.69, 9.17) is 4.74 Å². The van der Waals surface area contributed by atoms with Crippen LogP contribution in [0.25, 0.3) is 0 Å². The van der Waals surface area contributed by atoms with E-state index in [1.165, 1.54) is 25.3 Å². The van der Waals surface area contributed by atoms with Gasteiger partial charge in [-0.2, -0.15) is 13.2 Å². The van der Waals surface area contributed by atoms with E-state index in [1.54, 1.807) is 29.2 Å². The fraction of sp³-hybridized carbons (Fsp3) is 0.261. The predicted octanol–water partition coefficient (Wildman–Crippen LogP) is 3.59. The Balaban J connectivity index is 1.56. The molecule has 3 aromatic rings. The first kappa shape index (κ1) is 21.6. The maximum atomic E-state index is 13.3.